The van der Waals surface area contributed by atoms with Crippen LogP contribution in [0.5, 0.6) is 0 Å². The number of halogens is 2. The van der Waals surface area contributed by atoms with Crippen molar-refractivity contribution in [2.24, 2.45) is 5.84 Å². The summed E-state index contributed by atoms with van der Waals surface area (Å²) in [5.41, 5.74) is 3.43. The van der Waals surface area contributed by atoms with Gasteiger partial charge in [-0.1, -0.05) is 34.1 Å². The van der Waals surface area contributed by atoms with Gasteiger partial charge in [-0.2, -0.15) is 0 Å². The summed E-state index contributed by atoms with van der Waals surface area (Å²) in [5, 5.41) is 0.911. The SMILES string of the molecule is NNc1ccc(C=CCCBr)cc1F. The van der Waals surface area contributed by atoms with Crippen LogP contribution in [0.1, 0.15) is 12.0 Å². The van der Waals surface area contributed by atoms with Crippen LogP contribution in [0.4, 0.5) is 10.1 Å². The molecule has 0 aromatic heterocycles. The summed E-state index contributed by atoms with van der Waals surface area (Å²) >= 11 is 3.31. The molecule has 4 heteroatoms. The average Bonchev–Trinajstić information content (AvgIpc) is 2.18. The third-order valence-corrected chi connectivity index (χ3v) is 2.19. The predicted octanol–water partition coefficient (Wildman–Crippen LogP) is 2.91. The standard InChI is InChI=1S/C10H12BrFN2/c11-6-2-1-3-8-4-5-10(14-13)9(12)7-8/h1,3-5,7,14H,2,6,13H2. The molecule has 0 bridgehead atoms. The number of allylic oxidation sites excluding steroid dienone is 1. The zero-order valence-electron chi connectivity index (χ0n) is 7.63. The van der Waals surface area contributed by atoms with Gasteiger partial charge in [-0.3, -0.25) is 5.84 Å². The van der Waals surface area contributed by atoms with E-state index in [0.717, 1.165) is 17.3 Å². The first-order valence-corrected chi connectivity index (χ1v) is 5.38. The Morgan fingerprint density at radius 1 is 1.50 bits per heavy atom. The van der Waals surface area contributed by atoms with Gasteiger partial charge in [0.1, 0.15) is 5.82 Å². The van der Waals surface area contributed by atoms with Gasteiger partial charge in [0.15, 0.2) is 0 Å². The minimum atomic E-state index is -0.339. The van der Waals surface area contributed by atoms with Gasteiger partial charge in [0.05, 0.1) is 5.69 Å². The van der Waals surface area contributed by atoms with Crippen LogP contribution < -0.4 is 11.3 Å². The minimum absolute atomic E-state index is 0.308. The van der Waals surface area contributed by atoms with Crippen LogP contribution in [0.2, 0.25) is 0 Å². The molecule has 3 N–H and O–H groups in total. The van der Waals surface area contributed by atoms with Crippen molar-refractivity contribution in [2.75, 3.05) is 10.8 Å². The van der Waals surface area contributed by atoms with E-state index in [-0.39, 0.29) is 5.82 Å². The molecular weight excluding hydrogens is 247 g/mol. The van der Waals surface area contributed by atoms with Gasteiger partial charge in [-0.05, 0) is 24.1 Å². The van der Waals surface area contributed by atoms with Crippen molar-refractivity contribution in [3.8, 4) is 0 Å². The topological polar surface area (TPSA) is 38.0 Å². The molecule has 2 nitrogen and oxygen atoms in total. The van der Waals surface area contributed by atoms with E-state index in [1.807, 2.05) is 18.2 Å². The summed E-state index contributed by atoms with van der Waals surface area (Å²) in [4.78, 5) is 0. The number of benzene rings is 1. The first kappa shape index (κ1) is 11.2. The number of nitrogens with one attached hydrogen (secondary N) is 1. The summed E-state index contributed by atoms with van der Waals surface area (Å²) in [6.07, 6.45) is 4.79. The number of hydrazine groups is 1. The minimum Gasteiger partial charge on any atom is -0.321 e. The third kappa shape index (κ3) is 3.12. The molecule has 0 amide bonds. The van der Waals surface area contributed by atoms with Gasteiger partial charge in [-0.15, -0.1) is 0 Å². The maximum atomic E-state index is 13.2. The van der Waals surface area contributed by atoms with Crippen LogP contribution in [0, 0.1) is 5.82 Å². The van der Waals surface area contributed by atoms with Crippen LogP contribution in [0.15, 0.2) is 24.3 Å². The lowest BCUT2D eigenvalue weighted by Gasteiger charge is -2.01. The Morgan fingerprint density at radius 3 is 2.86 bits per heavy atom. The lowest BCUT2D eigenvalue weighted by molar-refractivity contribution is 0.630. The monoisotopic (exact) mass is 258 g/mol. The van der Waals surface area contributed by atoms with Crippen LogP contribution in [0.25, 0.3) is 6.08 Å². The molecule has 0 aliphatic rings. The van der Waals surface area contributed by atoms with Gasteiger partial charge >= 0.3 is 0 Å². The molecule has 0 heterocycles. The molecule has 14 heavy (non-hydrogen) atoms. The van der Waals surface area contributed by atoms with E-state index in [9.17, 15) is 4.39 Å². The Kier molecular flexibility index (Phi) is 4.62. The Morgan fingerprint density at radius 2 is 2.29 bits per heavy atom. The summed E-state index contributed by atoms with van der Waals surface area (Å²) in [7, 11) is 0. The fourth-order valence-corrected chi connectivity index (χ4v) is 1.30. The molecule has 76 valence electrons. The number of anilines is 1. The molecule has 1 aromatic rings. The van der Waals surface area contributed by atoms with Crippen molar-refractivity contribution < 1.29 is 4.39 Å². The van der Waals surface area contributed by atoms with Gasteiger partial charge in [0.2, 0.25) is 0 Å². The second-order valence-corrected chi connectivity index (χ2v) is 3.56. The van der Waals surface area contributed by atoms with Gasteiger partial charge in [0.25, 0.3) is 0 Å². The quantitative estimate of drug-likeness (QED) is 0.495. The lowest BCUT2D eigenvalue weighted by atomic mass is 10.2. The summed E-state index contributed by atoms with van der Waals surface area (Å²) < 4.78 is 13.2. The summed E-state index contributed by atoms with van der Waals surface area (Å²) in [5.74, 6) is 4.77. The summed E-state index contributed by atoms with van der Waals surface area (Å²) in [6.45, 7) is 0. The average molecular weight is 259 g/mol. The van der Waals surface area contributed by atoms with Crippen LogP contribution in [0.3, 0.4) is 0 Å². The number of hydrogen-bond donors (Lipinski definition) is 2. The molecule has 0 atom stereocenters. The first-order chi connectivity index (χ1) is 6.77. The Balaban J connectivity index is 2.76. The van der Waals surface area contributed by atoms with Crippen molar-refractivity contribution in [1.82, 2.24) is 0 Å². The van der Waals surface area contributed by atoms with Gasteiger partial charge in [-0.25, -0.2) is 4.39 Å². The van der Waals surface area contributed by atoms with E-state index in [1.165, 1.54) is 6.07 Å². The molecule has 1 rings (SSSR count). The Bertz CT molecular complexity index is 326. The molecule has 0 saturated carbocycles. The highest BCUT2D eigenvalue weighted by atomic mass is 79.9. The molecule has 0 saturated heterocycles. The van der Waals surface area contributed by atoms with E-state index < -0.39 is 0 Å². The van der Waals surface area contributed by atoms with Crippen molar-refractivity contribution >= 4 is 27.7 Å². The van der Waals surface area contributed by atoms with E-state index >= 15 is 0 Å². The largest absolute Gasteiger partial charge is 0.321 e. The molecule has 1 aromatic carbocycles. The fourth-order valence-electron chi connectivity index (χ4n) is 1.03. The summed E-state index contributed by atoms with van der Waals surface area (Å²) in [6, 6.07) is 4.87. The number of rotatable bonds is 4. The number of alkyl halides is 1. The molecule has 0 radical (unpaired) electrons. The van der Waals surface area contributed by atoms with Crippen LogP contribution >= 0.6 is 15.9 Å². The highest BCUT2D eigenvalue weighted by Crippen LogP contribution is 2.15. The molecular formula is C10H12BrFN2. The predicted molar refractivity (Wildman–Crippen MR) is 61.7 cm³/mol. The highest BCUT2D eigenvalue weighted by Gasteiger charge is 1.99. The van der Waals surface area contributed by atoms with E-state index in [4.69, 9.17) is 5.84 Å². The molecule has 0 aliphatic carbocycles. The maximum Gasteiger partial charge on any atom is 0.148 e. The molecule has 0 unspecified atom stereocenters. The third-order valence-electron chi connectivity index (χ3n) is 1.73. The van der Waals surface area contributed by atoms with Crippen LogP contribution in [-0.4, -0.2) is 5.33 Å². The smallest absolute Gasteiger partial charge is 0.148 e. The Hall–Kier alpha value is -0.870. The van der Waals surface area contributed by atoms with Crippen molar-refractivity contribution in [3.63, 3.8) is 0 Å². The number of nitrogens with two attached hydrogens (primary N) is 1. The zero-order chi connectivity index (χ0) is 10.4. The zero-order valence-corrected chi connectivity index (χ0v) is 9.22. The maximum absolute atomic E-state index is 13.2. The lowest BCUT2D eigenvalue weighted by Crippen LogP contribution is -2.08. The first-order valence-electron chi connectivity index (χ1n) is 4.26. The van der Waals surface area contributed by atoms with Crippen molar-refractivity contribution in [1.29, 1.82) is 0 Å². The van der Waals surface area contributed by atoms with Crippen molar-refractivity contribution in [3.05, 3.63) is 35.7 Å². The van der Waals surface area contributed by atoms with Crippen molar-refractivity contribution in [2.45, 2.75) is 6.42 Å². The van der Waals surface area contributed by atoms with E-state index in [1.54, 1.807) is 6.07 Å². The van der Waals surface area contributed by atoms with E-state index in [2.05, 4.69) is 21.4 Å². The molecule has 0 fully saturated rings. The fraction of sp³-hybridized carbons (Fsp3) is 0.200. The van der Waals surface area contributed by atoms with Gasteiger partial charge in [0, 0.05) is 5.33 Å². The van der Waals surface area contributed by atoms with Crippen LogP contribution in [-0.2, 0) is 0 Å². The number of nitrogen functional groups attached to an aromatic ring is 1. The molecule has 0 aliphatic heterocycles. The highest BCUT2D eigenvalue weighted by molar-refractivity contribution is 9.09. The Labute approximate surface area is 91.1 Å². The second-order valence-electron chi connectivity index (χ2n) is 2.76. The van der Waals surface area contributed by atoms with Gasteiger partial charge < -0.3 is 5.43 Å². The van der Waals surface area contributed by atoms with E-state index in [0.29, 0.717) is 5.69 Å². The number of hydrogen-bond acceptors (Lipinski definition) is 2. The second kappa shape index (κ2) is 5.78. The molecule has 0 spiro atoms. The normalized spacial score (nSPS) is 10.8.